The minimum Gasteiger partial charge on any atom is -0.456 e. The first kappa shape index (κ1) is 20.9. The molecule has 2 heterocycles. The van der Waals surface area contributed by atoms with Crippen molar-refractivity contribution >= 4 is 24.5 Å². The standard InChI is InChI=1S/C19H21BFN3O5/c1-10(2)17(19(26)28-9-15-22-6-13(21)7-23-15)24-18(25)14-5-4-12-8-29-20(27)16(12)11(14)3/h4-7,10,17,27H,8-9H2,1-3H3,(H,24,25). The molecule has 1 unspecified atom stereocenters. The van der Waals surface area contributed by atoms with Crippen molar-refractivity contribution in [2.24, 2.45) is 5.92 Å². The topological polar surface area (TPSA) is 111 Å². The Morgan fingerprint density at radius 3 is 2.69 bits per heavy atom. The molecule has 1 aromatic heterocycles. The van der Waals surface area contributed by atoms with Crippen LogP contribution >= 0.6 is 0 Å². The zero-order valence-electron chi connectivity index (χ0n) is 16.3. The smallest absolute Gasteiger partial charge is 0.456 e. The highest BCUT2D eigenvalue weighted by Gasteiger charge is 2.32. The Morgan fingerprint density at radius 1 is 1.34 bits per heavy atom. The number of rotatable bonds is 6. The van der Waals surface area contributed by atoms with Crippen LogP contribution in [0.3, 0.4) is 0 Å². The van der Waals surface area contributed by atoms with Crippen molar-refractivity contribution in [2.45, 2.75) is 40.0 Å². The van der Waals surface area contributed by atoms with Crippen LogP contribution in [0.15, 0.2) is 24.5 Å². The van der Waals surface area contributed by atoms with E-state index in [1.807, 2.05) is 0 Å². The van der Waals surface area contributed by atoms with E-state index in [1.54, 1.807) is 32.9 Å². The van der Waals surface area contributed by atoms with E-state index in [2.05, 4.69) is 15.3 Å². The number of esters is 1. The van der Waals surface area contributed by atoms with E-state index >= 15 is 0 Å². The Hall–Kier alpha value is -2.85. The van der Waals surface area contributed by atoms with Crippen molar-refractivity contribution in [2.75, 3.05) is 0 Å². The minimum atomic E-state index is -1.07. The van der Waals surface area contributed by atoms with Crippen molar-refractivity contribution in [3.63, 3.8) is 0 Å². The number of fused-ring (bicyclic) bond motifs is 1. The number of ether oxygens (including phenoxy) is 1. The SMILES string of the molecule is Cc1c(C(=O)NC(C(=O)OCc2ncc(F)cn2)C(C)C)ccc2c1B(O)OC2. The van der Waals surface area contributed by atoms with Crippen molar-refractivity contribution in [1.29, 1.82) is 0 Å². The lowest BCUT2D eigenvalue weighted by atomic mass is 9.75. The summed E-state index contributed by atoms with van der Waals surface area (Å²) in [7, 11) is -1.07. The second-order valence-corrected chi connectivity index (χ2v) is 7.09. The highest BCUT2D eigenvalue weighted by molar-refractivity contribution is 6.62. The molecule has 152 valence electrons. The minimum absolute atomic E-state index is 0.150. The van der Waals surface area contributed by atoms with E-state index in [1.165, 1.54) is 0 Å². The Bertz CT molecular complexity index is 923. The van der Waals surface area contributed by atoms with Gasteiger partial charge in [-0.2, -0.15) is 0 Å². The Morgan fingerprint density at radius 2 is 2.03 bits per heavy atom. The molecule has 0 saturated carbocycles. The molecule has 1 aliphatic heterocycles. The molecule has 0 bridgehead atoms. The molecule has 1 aliphatic rings. The van der Waals surface area contributed by atoms with Crippen molar-refractivity contribution in [3.8, 4) is 0 Å². The van der Waals surface area contributed by atoms with Gasteiger partial charge in [0, 0.05) is 5.56 Å². The van der Waals surface area contributed by atoms with Crippen LogP contribution in [-0.2, 0) is 27.4 Å². The molecular weight excluding hydrogens is 380 g/mol. The number of amides is 1. The van der Waals surface area contributed by atoms with Crippen LogP contribution in [0, 0.1) is 18.7 Å². The summed E-state index contributed by atoms with van der Waals surface area (Å²) in [5, 5.41) is 12.6. The van der Waals surface area contributed by atoms with Crippen LogP contribution in [0.5, 0.6) is 0 Å². The molecular formula is C19H21BFN3O5. The van der Waals surface area contributed by atoms with Crippen LogP contribution in [-0.4, -0.2) is 40.0 Å². The summed E-state index contributed by atoms with van der Waals surface area (Å²) in [4.78, 5) is 32.7. The molecule has 8 nitrogen and oxygen atoms in total. The zero-order valence-corrected chi connectivity index (χ0v) is 16.3. The van der Waals surface area contributed by atoms with Gasteiger partial charge in [-0.05, 0) is 35.5 Å². The highest BCUT2D eigenvalue weighted by Crippen LogP contribution is 2.17. The summed E-state index contributed by atoms with van der Waals surface area (Å²) in [6, 6.07) is 2.46. The molecule has 1 atom stereocenters. The summed E-state index contributed by atoms with van der Waals surface area (Å²) in [5.74, 6) is -1.80. The Labute approximate surface area is 167 Å². The van der Waals surface area contributed by atoms with Gasteiger partial charge in [0.25, 0.3) is 5.91 Å². The maximum Gasteiger partial charge on any atom is 0.492 e. The molecule has 1 amide bonds. The Kier molecular flexibility index (Phi) is 6.24. The van der Waals surface area contributed by atoms with Gasteiger partial charge in [-0.3, -0.25) is 4.79 Å². The first-order valence-electron chi connectivity index (χ1n) is 9.14. The van der Waals surface area contributed by atoms with Gasteiger partial charge in [0.2, 0.25) is 0 Å². The number of hydrogen-bond acceptors (Lipinski definition) is 7. The number of halogens is 1. The Balaban J connectivity index is 1.70. The molecule has 1 aromatic carbocycles. The van der Waals surface area contributed by atoms with Crippen molar-refractivity contribution in [1.82, 2.24) is 15.3 Å². The summed E-state index contributed by atoms with van der Waals surface area (Å²) < 4.78 is 23.2. The lowest BCUT2D eigenvalue weighted by Gasteiger charge is -2.21. The second kappa shape index (κ2) is 8.67. The van der Waals surface area contributed by atoms with Crippen molar-refractivity contribution in [3.05, 3.63) is 52.9 Å². The fraction of sp³-hybridized carbons (Fsp3) is 0.368. The largest absolute Gasteiger partial charge is 0.492 e. The fourth-order valence-electron chi connectivity index (χ4n) is 3.11. The molecule has 0 saturated heterocycles. The van der Waals surface area contributed by atoms with Gasteiger partial charge in [-0.15, -0.1) is 0 Å². The molecule has 0 radical (unpaired) electrons. The van der Waals surface area contributed by atoms with Crippen LogP contribution in [0.2, 0.25) is 0 Å². The monoisotopic (exact) mass is 401 g/mol. The van der Waals surface area contributed by atoms with Crippen LogP contribution in [0.1, 0.15) is 41.2 Å². The summed E-state index contributed by atoms with van der Waals surface area (Å²) in [5.41, 5.74) is 2.34. The number of benzene rings is 1. The summed E-state index contributed by atoms with van der Waals surface area (Å²) >= 11 is 0. The average Bonchev–Trinajstić information content (AvgIpc) is 3.07. The molecule has 29 heavy (non-hydrogen) atoms. The lowest BCUT2D eigenvalue weighted by molar-refractivity contribution is -0.148. The third-order valence-electron chi connectivity index (χ3n) is 4.72. The molecule has 2 N–H and O–H groups in total. The van der Waals surface area contributed by atoms with Gasteiger partial charge < -0.3 is 19.7 Å². The number of nitrogens with one attached hydrogen (secondary N) is 1. The van der Waals surface area contributed by atoms with Gasteiger partial charge >= 0.3 is 13.1 Å². The lowest BCUT2D eigenvalue weighted by Crippen LogP contribution is -2.46. The summed E-state index contributed by atoms with van der Waals surface area (Å²) in [6.07, 6.45) is 1.96. The van der Waals surface area contributed by atoms with Crippen LogP contribution < -0.4 is 10.8 Å². The predicted molar refractivity (Wildman–Crippen MR) is 101 cm³/mol. The molecule has 10 heteroatoms. The number of nitrogens with zero attached hydrogens (tertiary/aromatic N) is 2. The third kappa shape index (κ3) is 4.60. The number of hydrogen-bond donors (Lipinski definition) is 2. The zero-order chi connectivity index (χ0) is 21.1. The van der Waals surface area contributed by atoms with E-state index in [9.17, 15) is 19.0 Å². The van der Waals surface area contributed by atoms with Gasteiger partial charge in [-0.1, -0.05) is 19.9 Å². The van der Waals surface area contributed by atoms with Crippen LogP contribution in [0.4, 0.5) is 4.39 Å². The fourth-order valence-corrected chi connectivity index (χ4v) is 3.11. The number of carbonyl (C=O) groups excluding carboxylic acids is 2. The molecule has 0 spiro atoms. The normalized spacial score (nSPS) is 13.9. The van der Waals surface area contributed by atoms with Crippen LogP contribution in [0.25, 0.3) is 0 Å². The molecule has 2 aromatic rings. The highest BCUT2D eigenvalue weighted by atomic mass is 19.1. The molecule has 3 rings (SSSR count). The molecule has 0 aliphatic carbocycles. The predicted octanol–water partition coefficient (Wildman–Crippen LogP) is 0.640. The third-order valence-corrected chi connectivity index (χ3v) is 4.72. The van der Waals surface area contributed by atoms with Gasteiger partial charge in [-0.25, -0.2) is 19.2 Å². The van der Waals surface area contributed by atoms with E-state index < -0.39 is 30.9 Å². The first-order valence-corrected chi connectivity index (χ1v) is 9.14. The quantitative estimate of drug-likeness (QED) is 0.540. The van der Waals surface area contributed by atoms with E-state index in [-0.39, 0.29) is 25.0 Å². The van der Waals surface area contributed by atoms with Gasteiger partial charge in [0.15, 0.2) is 18.2 Å². The maximum absolute atomic E-state index is 12.9. The van der Waals surface area contributed by atoms with E-state index in [4.69, 9.17) is 9.39 Å². The van der Waals surface area contributed by atoms with Gasteiger partial charge in [0.05, 0.1) is 19.0 Å². The van der Waals surface area contributed by atoms with E-state index in [0.29, 0.717) is 16.6 Å². The second-order valence-electron chi connectivity index (χ2n) is 7.09. The van der Waals surface area contributed by atoms with Gasteiger partial charge in [0.1, 0.15) is 6.04 Å². The van der Waals surface area contributed by atoms with Crippen molar-refractivity contribution < 1.29 is 28.4 Å². The number of aromatic nitrogens is 2. The van der Waals surface area contributed by atoms with E-state index in [0.717, 1.165) is 18.0 Å². The average molecular weight is 401 g/mol. The maximum atomic E-state index is 12.9. The first-order chi connectivity index (χ1) is 13.8. The number of carbonyl (C=O) groups is 2. The molecule has 0 fully saturated rings. The summed E-state index contributed by atoms with van der Waals surface area (Å²) in [6.45, 7) is 5.31.